The Morgan fingerprint density at radius 1 is 1.35 bits per heavy atom. The summed E-state index contributed by atoms with van der Waals surface area (Å²) in [5, 5.41) is 0. The number of nitrogens with zero attached hydrogens (tertiary/aromatic N) is 3. The lowest BCUT2D eigenvalue weighted by molar-refractivity contribution is -0.141. The molecule has 2 aliphatic rings. The Bertz CT molecular complexity index is 542. The summed E-state index contributed by atoms with van der Waals surface area (Å²) in [5.41, 5.74) is 2.17. The van der Waals surface area contributed by atoms with Crippen LogP contribution in [0.4, 0.5) is 11.4 Å². The smallest absolute Gasteiger partial charge is 0.326 e. The molecule has 0 aliphatic carbocycles. The molecule has 106 valence electrons. The Morgan fingerprint density at radius 2 is 2.15 bits per heavy atom. The summed E-state index contributed by atoms with van der Waals surface area (Å²) in [6, 6.07) is 8.09. The average Bonchev–Trinajstić information content (AvgIpc) is 3.03. The molecule has 1 aromatic rings. The fourth-order valence-electron chi connectivity index (χ4n) is 2.58. The van der Waals surface area contributed by atoms with Gasteiger partial charge in [0.15, 0.2) is 0 Å². The van der Waals surface area contributed by atoms with Crippen molar-refractivity contribution in [3.05, 3.63) is 24.3 Å². The summed E-state index contributed by atoms with van der Waals surface area (Å²) >= 11 is 0. The van der Waals surface area contributed by atoms with Crippen LogP contribution in [-0.2, 0) is 9.53 Å². The van der Waals surface area contributed by atoms with Gasteiger partial charge in [-0.2, -0.15) is 0 Å². The van der Waals surface area contributed by atoms with E-state index < -0.39 is 0 Å². The molecule has 0 amide bonds. The summed E-state index contributed by atoms with van der Waals surface area (Å²) in [7, 11) is 0. The van der Waals surface area contributed by atoms with Gasteiger partial charge in [-0.3, -0.25) is 14.7 Å². The molecule has 0 bridgehead atoms. The Morgan fingerprint density at radius 3 is 2.95 bits per heavy atom. The number of carbonyl (C=O) groups is 1. The van der Waals surface area contributed by atoms with Gasteiger partial charge in [-0.05, 0) is 18.6 Å². The zero-order chi connectivity index (χ0) is 13.9. The number of para-hydroxylation sites is 2. The minimum Gasteiger partial charge on any atom is -0.464 e. The summed E-state index contributed by atoms with van der Waals surface area (Å²) in [6.07, 6.45) is 1.94. The number of hydrogen-bond acceptors (Lipinski definition) is 5. The first-order valence-corrected chi connectivity index (χ1v) is 7.15. The van der Waals surface area contributed by atoms with Crippen molar-refractivity contribution in [2.75, 3.05) is 36.0 Å². The van der Waals surface area contributed by atoms with Crippen LogP contribution in [0, 0.1) is 0 Å². The normalized spacial score (nSPS) is 15.9. The molecule has 20 heavy (non-hydrogen) atoms. The molecule has 0 saturated heterocycles. The van der Waals surface area contributed by atoms with Crippen LogP contribution in [0.25, 0.3) is 0 Å². The van der Waals surface area contributed by atoms with Crippen molar-refractivity contribution in [2.45, 2.75) is 19.8 Å². The number of aliphatic imine (C=N–C) groups is 1. The Balaban J connectivity index is 1.74. The fraction of sp³-hybridized carbons (Fsp3) is 0.467. The molecule has 2 aliphatic heterocycles. The lowest BCUT2D eigenvalue weighted by Gasteiger charge is -2.18. The number of hydrogen-bond donors (Lipinski definition) is 0. The molecule has 0 fully saturated rings. The van der Waals surface area contributed by atoms with Crippen molar-refractivity contribution in [2.24, 2.45) is 4.99 Å². The molecule has 0 unspecified atom stereocenters. The van der Waals surface area contributed by atoms with Crippen molar-refractivity contribution in [3.63, 3.8) is 0 Å². The van der Waals surface area contributed by atoms with Crippen LogP contribution in [0.15, 0.2) is 29.3 Å². The second-order valence-electron chi connectivity index (χ2n) is 4.98. The van der Waals surface area contributed by atoms with Gasteiger partial charge in [0.05, 0.1) is 24.5 Å². The Labute approximate surface area is 118 Å². The predicted octanol–water partition coefficient (Wildman–Crippen LogP) is 2.03. The number of anilines is 2. The average molecular weight is 273 g/mol. The summed E-state index contributed by atoms with van der Waals surface area (Å²) < 4.78 is 5.25. The summed E-state index contributed by atoms with van der Waals surface area (Å²) in [4.78, 5) is 20.6. The number of unbranched alkanes of at least 4 members (excludes halogenated alkanes) is 1. The minimum atomic E-state index is -0.190. The van der Waals surface area contributed by atoms with Crippen LogP contribution in [0.1, 0.15) is 19.8 Å². The van der Waals surface area contributed by atoms with Crippen LogP contribution in [0.5, 0.6) is 0 Å². The van der Waals surface area contributed by atoms with Crippen molar-refractivity contribution >= 4 is 23.3 Å². The van der Waals surface area contributed by atoms with Gasteiger partial charge in [-0.25, -0.2) is 0 Å². The lowest BCUT2D eigenvalue weighted by atomic mass is 10.2. The van der Waals surface area contributed by atoms with Crippen molar-refractivity contribution in [3.8, 4) is 0 Å². The van der Waals surface area contributed by atoms with Crippen LogP contribution < -0.4 is 9.80 Å². The molecule has 2 heterocycles. The third kappa shape index (κ3) is 2.24. The van der Waals surface area contributed by atoms with Crippen LogP contribution in [0.2, 0.25) is 0 Å². The molecular weight excluding hydrogens is 254 g/mol. The summed E-state index contributed by atoms with van der Waals surface area (Å²) in [6.45, 7) is 4.48. The van der Waals surface area contributed by atoms with Gasteiger partial charge in [-0.15, -0.1) is 0 Å². The fourth-order valence-corrected chi connectivity index (χ4v) is 2.58. The van der Waals surface area contributed by atoms with E-state index in [0.717, 1.165) is 43.3 Å². The molecular formula is C15H19N3O2. The number of fused-ring (bicyclic) bond motifs is 3. The molecule has 0 N–H and O–H groups in total. The van der Waals surface area contributed by atoms with Crippen LogP contribution in [-0.4, -0.2) is 38.2 Å². The third-order valence-corrected chi connectivity index (χ3v) is 3.57. The quantitative estimate of drug-likeness (QED) is 0.608. The Kier molecular flexibility index (Phi) is 3.58. The van der Waals surface area contributed by atoms with Gasteiger partial charge in [0, 0.05) is 6.54 Å². The maximum Gasteiger partial charge on any atom is 0.326 e. The van der Waals surface area contributed by atoms with E-state index in [1.54, 1.807) is 0 Å². The molecule has 0 radical (unpaired) electrons. The van der Waals surface area contributed by atoms with E-state index in [9.17, 15) is 4.79 Å². The van der Waals surface area contributed by atoms with E-state index in [2.05, 4.69) is 22.9 Å². The van der Waals surface area contributed by atoms with Crippen molar-refractivity contribution in [1.82, 2.24) is 0 Å². The number of esters is 1. The summed E-state index contributed by atoms with van der Waals surface area (Å²) in [5.74, 6) is 0.684. The first kappa shape index (κ1) is 13.0. The lowest BCUT2D eigenvalue weighted by Crippen LogP contribution is -2.39. The van der Waals surface area contributed by atoms with E-state index >= 15 is 0 Å². The van der Waals surface area contributed by atoms with Gasteiger partial charge >= 0.3 is 5.97 Å². The zero-order valence-electron chi connectivity index (χ0n) is 11.7. The Hall–Kier alpha value is -2.04. The molecule has 0 atom stereocenters. The van der Waals surface area contributed by atoms with Crippen molar-refractivity contribution in [1.29, 1.82) is 0 Å². The van der Waals surface area contributed by atoms with Crippen molar-refractivity contribution < 1.29 is 9.53 Å². The number of rotatable bonds is 5. The van der Waals surface area contributed by atoms with Gasteiger partial charge in [0.25, 0.3) is 0 Å². The monoisotopic (exact) mass is 273 g/mol. The van der Waals surface area contributed by atoms with Crippen LogP contribution in [0.3, 0.4) is 0 Å². The van der Waals surface area contributed by atoms with Gasteiger partial charge in [0.1, 0.15) is 6.54 Å². The number of guanidine groups is 1. The van der Waals surface area contributed by atoms with E-state index in [4.69, 9.17) is 4.74 Å². The molecule has 0 aromatic heterocycles. The number of benzene rings is 1. The number of ether oxygens (including phenoxy) is 1. The van der Waals surface area contributed by atoms with Gasteiger partial charge in [0.2, 0.25) is 5.96 Å². The van der Waals surface area contributed by atoms with E-state index in [1.807, 2.05) is 23.1 Å². The minimum absolute atomic E-state index is 0.190. The zero-order valence-corrected chi connectivity index (χ0v) is 11.7. The molecule has 3 rings (SSSR count). The topological polar surface area (TPSA) is 45.1 Å². The highest BCUT2D eigenvalue weighted by Crippen LogP contribution is 2.38. The van der Waals surface area contributed by atoms with E-state index in [0.29, 0.717) is 6.61 Å². The number of carbonyl (C=O) groups excluding carboxylic acids is 1. The second kappa shape index (κ2) is 5.53. The highest BCUT2D eigenvalue weighted by molar-refractivity contribution is 6.18. The molecule has 0 spiro atoms. The largest absolute Gasteiger partial charge is 0.464 e. The molecule has 5 nitrogen and oxygen atoms in total. The van der Waals surface area contributed by atoms with Gasteiger partial charge < -0.3 is 9.64 Å². The van der Waals surface area contributed by atoms with E-state index in [1.165, 1.54) is 0 Å². The first-order chi connectivity index (χ1) is 9.81. The molecule has 5 heteroatoms. The first-order valence-electron chi connectivity index (χ1n) is 7.15. The maximum atomic E-state index is 11.9. The third-order valence-electron chi connectivity index (χ3n) is 3.57. The highest BCUT2D eigenvalue weighted by atomic mass is 16.5. The highest BCUT2D eigenvalue weighted by Gasteiger charge is 2.36. The SMILES string of the molecule is CCCCOC(=O)CN1C2=NCCN2c2ccccc21. The van der Waals surface area contributed by atoms with Gasteiger partial charge in [-0.1, -0.05) is 25.5 Å². The standard InChI is InChI=1S/C15H19N3O2/c1-2-3-10-20-14(19)11-18-13-7-5-4-6-12(13)17-9-8-16-15(17)18/h4-7H,2-3,8-11H2,1H3. The second-order valence-corrected chi connectivity index (χ2v) is 4.98. The maximum absolute atomic E-state index is 11.9. The molecule has 1 aromatic carbocycles. The predicted molar refractivity (Wildman–Crippen MR) is 79.3 cm³/mol. The van der Waals surface area contributed by atoms with E-state index in [-0.39, 0.29) is 12.5 Å². The molecule has 0 saturated carbocycles. The van der Waals surface area contributed by atoms with Crippen LogP contribution >= 0.6 is 0 Å².